The van der Waals surface area contributed by atoms with E-state index in [0.29, 0.717) is 11.1 Å². The van der Waals surface area contributed by atoms with Gasteiger partial charge < -0.3 is 0 Å². The Hall–Kier alpha value is -3.79. The van der Waals surface area contributed by atoms with Crippen LogP contribution >= 0.6 is 0 Å². The molecule has 0 aliphatic heterocycles. The molecule has 0 unspecified atom stereocenters. The molecule has 0 N–H and O–H groups in total. The van der Waals surface area contributed by atoms with Gasteiger partial charge in [-0.25, -0.2) is 4.98 Å². The number of hydrogen-bond donors (Lipinski definition) is 0. The lowest BCUT2D eigenvalue weighted by Gasteiger charge is -2.13. The first-order valence-electron chi connectivity index (χ1n) is 8.54. The molecule has 0 radical (unpaired) electrons. The second kappa shape index (κ2) is 7.22. The van der Waals surface area contributed by atoms with Gasteiger partial charge in [0.1, 0.15) is 18.4 Å². The van der Waals surface area contributed by atoms with E-state index in [9.17, 15) is 9.59 Å². The minimum atomic E-state index is 0.626. The third-order valence-electron chi connectivity index (χ3n) is 4.42. The van der Waals surface area contributed by atoms with E-state index >= 15 is 0 Å². The summed E-state index contributed by atoms with van der Waals surface area (Å²) in [6.07, 6.45) is 3.48. The van der Waals surface area contributed by atoms with Crippen molar-refractivity contribution in [2.45, 2.75) is 0 Å². The molecule has 4 aromatic rings. The molecule has 4 heteroatoms. The highest BCUT2D eigenvalue weighted by atomic mass is 16.1. The maximum absolute atomic E-state index is 10.9. The van der Waals surface area contributed by atoms with E-state index in [1.54, 1.807) is 24.3 Å². The summed E-state index contributed by atoms with van der Waals surface area (Å²) in [5.41, 5.74) is 5.05. The molecule has 0 saturated carbocycles. The molecule has 0 bridgehead atoms. The van der Waals surface area contributed by atoms with Crippen molar-refractivity contribution in [3.8, 4) is 28.3 Å². The fourth-order valence-corrected chi connectivity index (χ4v) is 3.04. The Morgan fingerprint density at radius 3 is 1.78 bits per heavy atom. The van der Waals surface area contributed by atoms with Gasteiger partial charge in [-0.1, -0.05) is 66.7 Å². The third kappa shape index (κ3) is 3.20. The van der Waals surface area contributed by atoms with Crippen LogP contribution in [0.15, 0.2) is 85.1 Å². The highest BCUT2D eigenvalue weighted by Crippen LogP contribution is 2.30. The number of carbonyl (C=O) groups excluding carboxylic acids is 2. The van der Waals surface area contributed by atoms with Crippen molar-refractivity contribution in [1.29, 1.82) is 0 Å². The highest BCUT2D eigenvalue weighted by Gasteiger charge is 2.15. The fraction of sp³-hybridized carbons (Fsp3) is 0. The van der Waals surface area contributed by atoms with Gasteiger partial charge in [0.25, 0.3) is 0 Å². The molecule has 0 aliphatic rings. The van der Waals surface area contributed by atoms with Crippen molar-refractivity contribution in [1.82, 2.24) is 9.55 Å². The number of nitrogens with zero attached hydrogens (tertiary/aromatic N) is 2. The van der Waals surface area contributed by atoms with Crippen molar-refractivity contribution in [3.63, 3.8) is 0 Å². The predicted molar refractivity (Wildman–Crippen MR) is 105 cm³/mol. The normalized spacial score (nSPS) is 10.5. The van der Waals surface area contributed by atoms with Crippen LogP contribution in [0.3, 0.4) is 0 Å². The van der Waals surface area contributed by atoms with Gasteiger partial charge in [0.2, 0.25) is 0 Å². The summed E-state index contributed by atoms with van der Waals surface area (Å²) in [5, 5.41) is 0. The first-order valence-corrected chi connectivity index (χ1v) is 8.54. The van der Waals surface area contributed by atoms with Crippen molar-refractivity contribution in [3.05, 3.63) is 96.2 Å². The first-order chi connectivity index (χ1) is 13.3. The highest BCUT2D eigenvalue weighted by molar-refractivity contribution is 5.78. The summed E-state index contributed by atoms with van der Waals surface area (Å²) < 4.78 is 2.08. The van der Waals surface area contributed by atoms with Crippen LogP contribution in [0.1, 0.15) is 20.7 Å². The molecule has 0 aliphatic carbocycles. The maximum atomic E-state index is 10.9. The monoisotopic (exact) mass is 352 g/mol. The second-order valence-electron chi connectivity index (χ2n) is 6.12. The summed E-state index contributed by atoms with van der Waals surface area (Å²) in [6.45, 7) is 0. The van der Waals surface area contributed by atoms with E-state index in [-0.39, 0.29) is 0 Å². The molecular formula is C23H16N2O2. The number of carbonyl (C=O) groups is 2. The van der Waals surface area contributed by atoms with Gasteiger partial charge in [0.15, 0.2) is 0 Å². The molecule has 4 nitrogen and oxygen atoms in total. The van der Waals surface area contributed by atoms with Crippen LogP contribution in [0.2, 0.25) is 0 Å². The van der Waals surface area contributed by atoms with Crippen LogP contribution < -0.4 is 0 Å². The first kappa shape index (κ1) is 16.7. The number of imidazole rings is 1. The summed E-state index contributed by atoms with van der Waals surface area (Å²) in [6, 6.07) is 24.7. The lowest BCUT2D eigenvalue weighted by molar-refractivity contribution is 0.111. The SMILES string of the molecule is O=Cc1ccc(-c2cnc(-c3ccc(C=O)cc3)n2-c2ccccc2)cc1. The molecule has 3 aromatic carbocycles. The van der Waals surface area contributed by atoms with Gasteiger partial charge >= 0.3 is 0 Å². The van der Waals surface area contributed by atoms with Gasteiger partial charge in [-0.15, -0.1) is 0 Å². The van der Waals surface area contributed by atoms with Gasteiger partial charge in [0.05, 0.1) is 11.9 Å². The van der Waals surface area contributed by atoms with Crippen LogP contribution in [0, 0.1) is 0 Å². The lowest BCUT2D eigenvalue weighted by Crippen LogP contribution is -2.00. The minimum absolute atomic E-state index is 0.626. The smallest absolute Gasteiger partial charge is 0.150 e. The van der Waals surface area contributed by atoms with Crippen molar-refractivity contribution >= 4 is 12.6 Å². The zero-order valence-corrected chi connectivity index (χ0v) is 14.4. The Morgan fingerprint density at radius 2 is 1.22 bits per heavy atom. The summed E-state index contributed by atoms with van der Waals surface area (Å²) in [4.78, 5) is 26.5. The average molecular weight is 352 g/mol. The van der Waals surface area contributed by atoms with Crippen molar-refractivity contribution in [2.75, 3.05) is 0 Å². The molecule has 27 heavy (non-hydrogen) atoms. The number of aldehydes is 2. The van der Waals surface area contributed by atoms with Crippen molar-refractivity contribution < 1.29 is 9.59 Å². The Morgan fingerprint density at radius 1 is 0.667 bits per heavy atom. The van der Waals surface area contributed by atoms with Crippen LogP contribution in [0.25, 0.3) is 28.3 Å². The molecular weight excluding hydrogens is 336 g/mol. The Kier molecular flexibility index (Phi) is 4.45. The van der Waals surface area contributed by atoms with Crippen molar-refractivity contribution in [2.24, 2.45) is 0 Å². The Balaban J connectivity index is 1.90. The fourth-order valence-electron chi connectivity index (χ4n) is 3.04. The number of para-hydroxylation sites is 1. The van der Waals surface area contributed by atoms with E-state index in [4.69, 9.17) is 0 Å². The predicted octanol–water partition coefficient (Wildman–Crippen LogP) is 4.83. The summed E-state index contributed by atoms with van der Waals surface area (Å²) >= 11 is 0. The van der Waals surface area contributed by atoms with Crippen LogP contribution in [-0.4, -0.2) is 22.1 Å². The van der Waals surface area contributed by atoms with Crippen LogP contribution in [0.5, 0.6) is 0 Å². The van der Waals surface area contributed by atoms with Gasteiger partial charge in [0, 0.05) is 27.9 Å². The van der Waals surface area contributed by atoms with Gasteiger partial charge in [-0.05, 0) is 12.1 Å². The number of hydrogen-bond acceptors (Lipinski definition) is 3. The maximum Gasteiger partial charge on any atom is 0.150 e. The quantitative estimate of drug-likeness (QED) is 0.483. The van der Waals surface area contributed by atoms with E-state index in [1.807, 2.05) is 60.8 Å². The van der Waals surface area contributed by atoms with Crippen LogP contribution in [0.4, 0.5) is 0 Å². The van der Waals surface area contributed by atoms with Gasteiger partial charge in [-0.2, -0.15) is 0 Å². The molecule has 1 aromatic heterocycles. The zero-order chi connectivity index (χ0) is 18.6. The zero-order valence-electron chi connectivity index (χ0n) is 14.4. The average Bonchev–Trinajstić information content (AvgIpc) is 3.19. The van der Waals surface area contributed by atoms with E-state index < -0.39 is 0 Å². The Labute approximate surface area is 156 Å². The minimum Gasteiger partial charge on any atom is -0.298 e. The van der Waals surface area contributed by atoms with E-state index in [1.165, 1.54) is 0 Å². The standard InChI is InChI=1S/C23H16N2O2/c26-15-17-6-10-19(11-7-17)22-14-24-23(20-12-8-18(16-27)9-13-20)25(22)21-4-2-1-3-5-21/h1-16H. The largest absolute Gasteiger partial charge is 0.298 e. The summed E-state index contributed by atoms with van der Waals surface area (Å²) in [5.74, 6) is 0.785. The Bertz CT molecular complexity index is 1010. The molecule has 0 atom stereocenters. The second-order valence-corrected chi connectivity index (χ2v) is 6.12. The topological polar surface area (TPSA) is 52.0 Å². The molecule has 0 spiro atoms. The molecule has 0 saturated heterocycles. The lowest BCUT2D eigenvalue weighted by atomic mass is 10.1. The van der Waals surface area contributed by atoms with E-state index in [2.05, 4.69) is 9.55 Å². The molecule has 4 rings (SSSR count). The number of aromatic nitrogens is 2. The number of rotatable bonds is 5. The third-order valence-corrected chi connectivity index (χ3v) is 4.42. The van der Waals surface area contributed by atoms with Gasteiger partial charge in [-0.3, -0.25) is 14.2 Å². The van der Waals surface area contributed by atoms with E-state index in [0.717, 1.165) is 40.9 Å². The summed E-state index contributed by atoms with van der Waals surface area (Å²) in [7, 11) is 0. The number of benzene rings is 3. The molecule has 0 fully saturated rings. The molecule has 1 heterocycles. The molecule has 0 amide bonds. The van der Waals surface area contributed by atoms with Crippen LogP contribution in [-0.2, 0) is 0 Å². The molecule has 130 valence electrons.